The number of hydrogen-bond acceptors (Lipinski definition) is 7. The molecule has 0 saturated carbocycles. The van der Waals surface area contributed by atoms with E-state index < -0.39 is 0 Å². The third kappa shape index (κ3) is 5.48. The van der Waals surface area contributed by atoms with Gasteiger partial charge in [0.15, 0.2) is 5.13 Å². The lowest BCUT2D eigenvalue weighted by molar-refractivity contribution is -0.133. The second-order valence-corrected chi connectivity index (χ2v) is 11.8. The molecule has 1 aliphatic carbocycles. The minimum atomic E-state index is -0.269. The number of fused-ring (bicyclic) bond motifs is 2. The lowest BCUT2D eigenvalue weighted by Crippen LogP contribution is -2.42. The topological polar surface area (TPSA) is 87.9 Å². The van der Waals surface area contributed by atoms with Gasteiger partial charge >= 0.3 is 0 Å². The number of anilines is 1. The molecule has 3 heterocycles. The average molecular weight is 559 g/mol. The molecule has 2 amide bonds. The van der Waals surface area contributed by atoms with Crippen LogP contribution in [0.1, 0.15) is 47.1 Å². The van der Waals surface area contributed by atoms with Crippen LogP contribution in [0.2, 0.25) is 0 Å². The number of carbonyl (C=O) groups is 2. The number of ether oxygens (including phenoxy) is 1. The van der Waals surface area contributed by atoms with Crippen LogP contribution in [0.4, 0.5) is 5.13 Å². The number of thiazole rings is 1. The number of hydrogen-bond donors (Lipinski definition) is 1. The van der Waals surface area contributed by atoms with Crippen molar-refractivity contribution in [1.82, 2.24) is 14.8 Å². The second-order valence-electron chi connectivity index (χ2n) is 10.7. The Labute approximate surface area is 237 Å². The maximum absolute atomic E-state index is 13.7. The van der Waals surface area contributed by atoms with E-state index >= 15 is 0 Å². The Morgan fingerprint density at radius 3 is 2.85 bits per heavy atom. The highest BCUT2D eigenvalue weighted by molar-refractivity contribution is 7.15. The molecule has 4 aromatic rings. The number of aryl methyl sites for hydroxylation is 1. The maximum atomic E-state index is 13.7. The van der Waals surface area contributed by atoms with Crippen molar-refractivity contribution in [1.29, 1.82) is 0 Å². The van der Waals surface area contributed by atoms with Crippen LogP contribution in [-0.4, -0.2) is 59.9 Å². The minimum Gasteiger partial charge on any atom is -0.496 e. The van der Waals surface area contributed by atoms with Crippen molar-refractivity contribution in [2.75, 3.05) is 32.6 Å². The van der Waals surface area contributed by atoms with Gasteiger partial charge in [-0.2, -0.15) is 0 Å². The molecule has 6 rings (SSSR count). The number of likely N-dealkylation sites (tertiary alicyclic amines) is 1. The fourth-order valence-corrected chi connectivity index (χ4v) is 7.01. The molecule has 0 radical (unpaired) electrons. The first-order chi connectivity index (χ1) is 19.5. The summed E-state index contributed by atoms with van der Waals surface area (Å²) >= 11 is 1.49. The normalized spacial score (nSPS) is 18.9. The Bertz CT molecular complexity index is 1500. The van der Waals surface area contributed by atoms with E-state index in [1.807, 2.05) is 54.4 Å². The standard InChI is InChI=1S/C31H34N4O4S/c1-34(22-14-15-35(18-22)19-23-16-20-8-4-6-12-26(20)39-23)30(37)24-10-7-13-27-29(24)33-31(40-27)32-28(36)17-21-9-3-5-11-25(21)38-2/h3-6,8-9,11-12,16,22,24H,7,10,13-15,17-19H2,1-2H3,(H,32,33,36). The number of amides is 2. The summed E-state index contributed by atoms with van der Waals surface area (Å²) in [7, 11) is 3.53. The van der Waals surface area contributed by atoms with Crippen LogP contribution in [0.15, 0.2) is 59.0 Å². The summed E-state index contributed by atoms with van der Waals surface area (Å²) in [6.07, 6.45) is 3.74. The number of para-hydroxylation sites is 2. The molecule has 40 heavy (non-hydrogen) atoms. The number of carbonyl (C=O) groups excluding carboxylic acids is 2. The molecule has 1 N–H and O–H groups in total. The molecule has 1 fully saturated rings. The van der Waals surface area contributed by atoms with Gasteiger partial charge in [0.1, 0.15) is 17.1 Å². The van der Waals surface area contributed by atoms with E-state index in [9.17, 15) is 9.59 Å². The molecule has 2 aliphatic rings. The van der Waals surface area contributed by atoms with Gasteiger partial charge in [0.05, 0.1) is 31.7 Å². The smallest absolute Gasteiger partial charge is 0.231 e. The van der Waals surface area contributed by atoms with Crippen molar-refractivity contribution >= 4 is 39.3 Å². The Morgan fingerprint density at radius 1 is 1.18 bits per heavy atom. The highest BCUT2D eigenvalue weighted by Crippen LogP contribution is 2.38. The van der Waals surface area contributed by atoms with E-state index in [2.05, 4.69) is 22.3 Å². The molecule has 2 unspecified atom stereocenters. The van der Waals surface area contributed by atoms with Gasteiger partial charge < -0.3 is 19.4 Å². The second kappa shape index (κ2) is 11.4. The molecule has 9 heteroatoms. The number of rotatable bonds is 8. The highest BCUT2D eigenvalue weighted by atomic mass is 32.1. The maximum Gasteiger partial charge on any atom is 0.231 e. The highest BCUT2D eigenvalue weighted by Gasteiger charge is 2.36. The van der Waals surface area contributed by atoms with Crippen LogP contribution < -0.4 is 10.1 Å². The van der Waals surface area contributed by atoms with Crippen molar-refractivity contribution < 1.29 is 18.7 Å². The van der Waals surface area contributed by atoms with Crippen molar-refractivity contribution in [2.45, 2.75) is 50.6 Å². The van der Waals surface area contributed by atoms with Crippen LogP contribution in [-0.2, 0) is 29.0 Å². The van der Waals surface area contributed by atoms with E-state index in [0.717, 1.165) is 78.2 Å². The number of furan rings is 1. The number of benzene rings is 2. The molecule has 1 aliphatic heterocycles. The summed E-state index contributed by atoms with van der Waals surface area (Å²) in [6, 6.07) is 17.8. The fourth-order valence-electron chi connectivity index (χ4n) is 5.93. The van der Waals surface area contributed by atoms with Gasteiger partial charge in [-0.25, -0.2) is 4.98 Å². The third-order valence-electron chi connectivity index (χ3n) is 8.04. The number of aromatic nitrogens is 1. The average Bonchev–Trinajstić information content (AvgIpc) is 3.70. The predicted molar refractivity (Wildman–Crippen MR) is 156 cm³/mol. The Balaban J connectivity index is 1.08. The van der Waals surface area contributed by atoms with Gasteiger partial charge in [-0.15, -0.1) is 11.3 Å². The van der Waals surface area contributed by atoms with E-state index in [0.29, 0.717) is 10.9 Å². The van der Waals surface area contributed by atoms with E-state index in [-0.39, 0.29) is 30.2 Å². The molecule has 2 aromatic carbocycles. The summed E-state index contributed by atoms with van der Waals surface area (Å²) in [5.41, 5.74) is 2.56. The lowest BCUT2D eigenvalue weighted by atomic mass is 9.89. The molecule has 208 valence electrons. The molecule has 2 aromatic heterocycles. The van der Waals surface area contributed by atoms with Gasteiger partial charge in [-0.1, -0.05) is 36.4 Å². The van der Waals surface area contributed by atoms with Crippen molar-refractivity contribution in [2.24, 2.45) is 0 Å². The zero-order valence-electron chi connectivity index (χ0n) is 22.9. The van der Waals surface area contributed by atoms with Gasteiger partial charge in [0, 0.05) is 42.0 Å². The molecule has 2 atom stereocenters. The van der Waals surface area contributed by atoms with Crippen molar-refractivity contribution in [3.8, 4) is 5.75 Å². The fraction of sp³-hybridized carbons (Fsp3) is 0.387. The molecular formula is C31H34N4O4S. The van der Waals surface area contributed by atoms with Crippen LogP contribution in [0.5, 0.6) is 5.75 Å². The molecule has 0 spiro atoms. The first-order valence-corrected chi connectivity index (χ1v) is 14.7. The van der Waals surface area contributed by atoms with Crippen LogP contribution in [0.25, 0.3) is 11.0 Å². The summed E-state index contributed by atoms with van der Waals surface area (Å²) in [5.74, 6) is 1.34. The number of likely N-dealkylation sites (N-methyl/N-ethyl adjacent to an activating group) is 1. The van der Waals surface area contributed by atoms with Gasteiger partial charge in [0.2, 0.25) is 11.8 Å². The quantitative estimate of drug-likeness (QED) is 0.319. The minimum absolute atomic E-state index is 0.119. The number of nitrogens with one attached hydrogen (secondary N) is 1. The summed E-state index contributed by atoms with van der Waals surface area (Å²) in [4.78, 5) is 36.7. The molecular weight excluding hydrogens is 524 g/mol. The molecule has 1 saturated heterocycles. The van der Waals surface area contributed by atoms with E-state index in [4.69, 9.17) is 14.1 Å². The van der Waals surface area contributed by atoms with Crippen molar-refractivity contribution in [3.63, 3.8) is 0 Å². The van der Waals surface area contributed by atoms with E-state index in [1.165, 1.54) is 11.3 Å². The largest absolute Gasteiger partial charge is 0.496 e. The zero-order chi connectivity index (χ0) is 27.6. The first-order valence-electron chi connectivity index (χ1n) is 13.9. The zero-order valence-corrected chi connectivity index (χ0v) is 23.7. The number of nitrogens with zero attached hydrogens (tertiary/aromatic N) is 3. The lowest BCUT2D eigenvalue weighted by Gasteiger charge is -2.30. The SMILES string of the molecule is COc1ccccc1CC(=O)Nc1nc2c(s1)CCCC2C(=O)N(C)C1CCN(Cc2cc3ccccc3o2)C1. The summed E-state index contributed by atoms with van der Waals surface area (Å²) < 4.78 is 11.4. The van der Waals surface area contributed by atoms with Gasteiger partial charge in [-0.3, -0.25) is 14.5 Å². The summed E-state index contributed by atoms with van der Waals surface area (Å²) in [6.45, 7) is 2.49. The van der Waals surface area contributed by atoms with Crippen LogP contribution >= 0.6 is 11.3 Å². The Kier molecular flexibility index (Phi) is 7.58. The third-order valence-corrected chi connectivity index (χ3v) is 9.09. The van der Waals surface area contributed by atoms with Crippen molar-refractivity contribution in [3.05, 3.63) is 76.5 Å². The summed E-state index contributed by atoms with van der Waals surface area (Å²) in [5, 5.41) is 4.63. The van der Waals surface area contributed by atoms with Gasteiger partial charge in [-0.05, 0) is 43.9 Å². The Hall–Kier alpha value is -3.69. The van der Waals surface area contributed by atoms with Crippen LogP contribution in [0.3, 0.4) is 0 Å². The number of methoxy groups -OCH3 is 1. The monoisotopic (exact) mass is 558 g/mol. The van der Waals surface area contributed by atoms with Gasteiger partial charge in [0.25, 0.3) is 0 Å². The first kappa shape index (κ1) is 26.5. The predicted octanol–water partition coefficient (Wildman–Crippen LogP) is 5.23. The van der Waals surface area contributed by atoms with E-state index in [1.54, 1.807) is 7.11 Å². The molecule has 0 bridgehead atoms. The Morgan fingerprint density at radius 2 is 2.00 bits per heavy atom. The van der Waals surface area contributed by atoms with Crippen LogP contribution in [0, 0.1) is 0 Å². The molecule has 8 nitrogen and oxygen atoms in total.